The second kappa shape index (κ2) is 9.89. The van der Waals surface area contributed by atoms with Crippen molar-refractivity contribution in [3.8, 4) is 11.3 Å². The number of aromatic nitrogens is 3. The minimum Gasteiger partial charge on any atom is -0.386 e. The van der Waals surface area contributed by atoms with Crippen molar-refractivity contribution < 1.29 is 23.9 Å². The Morgan fingerprint density at radius 1 is 1.21 bits per heavy atom. The van der Waals surface area contributed by atoms with E-state index in [0.717, 1.165) is 35.3 Å². The minimum atomic E-state index is -1.17. The fourth-order valence-corrected chi connectivity index (χ4v) is 6.81. The van der Waals surface area contributed by atoms with Crippen LogP contribution < -0.4 is 0 Å². The molecule has 3 aromatic heterocycles. The molecule has 0 amide bonds. The van der Waals surface area contributed by atoms with E-state index < -0.39 is 17.0 Å². The molecule has 6 rings (SSSR count). The summed E-state index contributed by atoms with van der Waals surface area (Å²) in [5.41, 5.74) is 1.76. The van der Waals surface area contributed by atoms with Crippen LogP contribution >= 0.6 is 22.9 Å². The number of thiazole rings is 1. The van der Waals surface area contributed by atoms with Crippen molar-refractivity contribution in [2.24, 2.45) is 0 Å². The van der Waals surface area contributed by atoms with Gasteiger partial charge in [0.2, 0.25) is 0 Å². The highest BCUT2D eigenvalue weighted by molar-refractivity contribution is 7.18. The van der Waals surface area contributed by atoms with E-state index in [1.54, 1.807) is 32.3 Å². The number of fused-ring (bicyclic) bond motifs is 1. The molecule has 206 valence electrons. The fourth-order valence-electron chi connectivity index (χ4n) is 5.35. The van der Waals surface area contributed by atoms with Gasteiger partial charge in [-0.3, -0.25) is 4.98 Å². The highest BCUT2D eigenvalue weighted by Crippen LogP contribution is 2.46. The fraction of sp³-hybridized carbons (Fsp3) is 0.483. The van der Waals surface area contributed by atoms with E-state index in [4.69, 9.17) is 20.9 Å². The van der Waals surface area contributed by atoms with Gasteiger partial charge in [-0.2, -0.15) is 0 Å². The summed E-state index contributed by atoms with van der Waals surface area (Å²) in [6, 6.07) is 3.07. The smallest absolute Gasteiger partial charge is 0.150 e. The molecule has 3 heterocycles. The van der Waals surface area contributed by atoms with Crippen molar-refractivity contribution >= 4 is 33.2 Å². The quantitative estimate of drug-likeness (QED) is 0.249. The molecule has 0 aliphatic heterocycles. The van der Waals surface area contributed by atoms with Crippen LogP contribution in [0.3, 0.4) is 0 Å². The zero-order valence-electron chi connectivity index (χ0n) is 22.1. The highest BCUT2D eigenvalue weighted by Gasteiger charge is 2.39. The number of ether oxygens (including phenoxy) is 1. The summed E-state index contributed by atoms with van der Waals surface area (Å²) in [5, 5.41) is 27.2. The molecule has 2 aliphatic rings. The first-order valence-electron chi connectivity index (χ1n) is 13.3. The largest absolute Gasteiger partial charge is 0.386 e. The zero-order chi connectivity index (χ0) is 27.5. The third-order valence-electron chi connectivity index (χ3n) is 7.87. The number of halogens is 2. The van der Waals surface area contributed by atoms with E-state index in [-0.39, 0.29) is 11.6 Å². The topological polar surface area (TPSA) is 102 Å². The van der Waals surface area contributed by atoms with Gasteiger partial charge in [0.05, 0.1) is 28.0 Å². The molecular weight excluding hydrogens is 541 g/mol. The van der Waals surface area contributed by atoms with Gasteiger partial charge in [0, 0.05) is 29.4 Å². The van der Waals surface area contributed by atoms with Crippen LogP contribution in [-0.2, 0) is 22.5 Å². The van der Waals surface area contributed by atoms with Gasteiger partial charge in [-0.05, 0) is 82.6 Å². The maximum atomic E-state index is 14.8. The highest BCUT2D eigenvalue weighted by atomic mass is 35.5. The predicted molar refractivity (Wildman–Crippen MR) is 147 cm³/mol. The Kier molecular flexibility index (Phi) is 6.79. The number of nitrogens with zero attached hydrogens (tertiary/aromatic N) is 3. The van der Waals surface area contributed by atoms with Crippen LogP contribution in [0, 0.1) is 12.7 Å². The molecule has 7 nitrogen and oxygen atoms in total. The first kappa shape index (κ1) is 26.8. The zero-order valence-corrected chi connectivity index (χ0v) is 23.7. The average molecular weight is 572 g/mol. The summed E-state index contributed by atoms with van der Waals surface area (Å²) >= 11 is 7.78. The number of hydrogen-bond acceptors (Lipinski definition) is 8. The third kappa shape index (κ3) is 5.11. The molecule has 0 saturated heterocycles. The van der Waals surface area contributed by atoms with Gasteiger partial charge in [-0.25, -0.2) is 9.37 Å². The van der Waals surface area contributed by atoms with E-state index in [2.05, 4.69) is 15.1 Å². The lowest BCUT2D eigenvalue weighted by atomic mass is 9.83. The Balaban J connectivity index is 1.18. The molecule has 10 heteroatoms. The lowest BCUT2D eigenvalue weighted by molar-refractivity contribution is -0.0641. The van der Waals surface area contributed by atoms with Gasteiger partial charge in [-0.15, -0.1) is 11.3 Å². The number of aliphatic hydroxyl groups is 2. The number of pyridine rings is 1. The molecule has 0 atom stereocenters. The van der Waals surface area contributed by atoms with Crippen LogP contribution in [0.25, 0.3) is 21.5 Å². The van der Waals surface area contributed by atoms with E-state index in [0.29, 0.717) is 64.2 Å². The maximum absolute atomic E-state index is 14.8. The molecule has 39 heavy (non-hydrogen) atoms. The molecule has 4 aromatic rings. The van der Waals surface area contributed by atoms with Crippen LogP contribution in [0.15, 0.2) is 29.0 Å². The Bertz CT molecular complexity index is 1510. The minimum absolute atomic E-state index is 0.0537. The van der Waals surface area contributed by atoms with E-state index in [1.165, 1.54) is 17.4 Å². The van der Waals surface area contributed by atoms with Crippen LogP contribution in [0.4, 0.5) is 4.39 Å². The third-order valence-corrected chi connectivity index (χ3v) is 9.35. The van der Waals surface area contributed by atoms with Gasteiger partial charge < -0.3 is 19.5 Å². The van der Waals surface area contributed by atoms with Gasteiger partial charge in [0.1, 0.15) is 27.6 Å². The Morgan fingerprint density at radius 2 is 1.95 bits per heavy atom. The maximum Gasteiger partial charge on any atom is 0.150 e. The first-order valence-corrected chi connectivity index (χ1v) is 14.5. The standard InChI is InChI=1S/C29H31ClFN3O4S/c1-15-12-32-13-20(30)23(15)24-19(26(38-34-24)16-4-5-16)14-37-18-6-8-29(36,9-7-18)27-33-25-21(31)10-17(28(2,3)35)11-22(25)39-27/h10-13,16,18,35-36H,4-9,14H2,1-3H3/t18-,29+. The Labute approximate surface area is 235 Å². The van der Waals surface area contributed by atoms with Crippen LogP contribution in [-0.4, -0.2) is 31.4 Å². The molecule has 2 fully saturated rings. The van der Waals surface area contributed by atoms with Crippen molar-refractivity contribution in [3.05, 3.63) is 62.8 Å². The molecule has 2 N–H and O–H groups in total. The van der Waals surface area contributed by atoms with Crippen LogP contribution in [0.2, 0.25) is 5.02 Å². The second-order valence-corrected chi connectivity index (χ2v) is 12.8. The van der Waals surface area contributed by atoms with Gasteiger partial charge in [-0.1, -0.05) is 16.8 Å². The summed E-state index contributed by atoms with van der Waals surface area (Å²) in [6.07, 6.45) is 7.65. The normalized spacial score (nSPS) is 22.1. The summed E-state index contributed by atoms with van der Waals surface area (Å²) in [6.45, 7) is 5.53. The second-order valence-electron chi connectivity index (χ2n) is 11.4. The Hall–Kier alpha value is -2.43. The van der Waals surface area contributed by atoms with Gasteiger partial charge in [0.25, 0.3) is 0 Å². The number of aryl methyl sites for hydroxylation is 1. The molecule has 1 aromatic carbocycles. The van der Waals surface area contributed by atoms with Crippen molar-refractivity contribution in [1.29, 1.82) is 0 Å². The number of benzene rings is 1. The summed E-state index contributed by atoms with van der Waals surface area (Å²) in [4.78, 5) is 8.64. The molecule has 0 spiro atoms. The molecule has 2 saturated carbocycles. The van der Waals surface area contributed by atoms with E-state index in [1.807, 2.05) is 6.92 Å². The lowest BCUT2D eigenvalue weighted by Gasteiger charge is -2.34. The Morgan fingerprint density at radius 3 is 2.62 bits per heavy atom. The average Bonchev–Trinajstić information content (AvgIpc) is 3.48. The number of rotatable bonds is 7. The molecular formula is C29H31ClFN3O4S. The number of hydrogen-bond donors (Lipinski definition) is 2. The van der Waals surface area contributed by atoms with Crippen molar-refractivity contribution in [2.45, 2.75) is 89.1 Å². The van der Waals surface area contributed by atoms with Crippen LogP contribution in [0.1, 0.15) is 85.7 Å². The summed E-state index contributed by atoms with van der Waals surface area (Å²) in [5.74, 6) is 0.735. The summed E-state index contributed by atoms with van der Waals surface area (Å²) in [7, 11) is 0. The molecule has 0 radical (unpaired) electrons. The summed E-state index contributed by atoms with van der Waals surface area (Å²) < 4.78 is 27.6. The molecule has 2 aliphatic carbocycles. The first-order chi connectivity index (χ1) is 18.5. The van der Waals surface area contributed by atoms with Gasteiger partial charge in [0.15, 0.2) is 5.82 Å². The monoisotopic (exact) mass is 571 g/mol. The molecule has 0 bridgehead atoms. The van der Waals surface area contributed by atoms with Crippen LogP contribution in [0.5, 0.6) is 0 Å². The van der Waals surface area contributed by atoms with Crippen molar-refractivity contribution in [3.63, 3.8) is 0 Å². The van der Waals surface area contributed by atoms with Crippen molar-refractivity contribution in [1.82, 2.24) is 15.1 Å². The van der Waals surface area contributed by atoms with Crippen molar-refractivity contribution in [2.75, 3.05) is 0 Å². The lowest BCUT2D eigenvalue weighted by Crippen LogP contribution is -2.34. The molecule has 0 unspecified atom stereocenters. The van der Waals surface area contributed by atoms with E-state index >= 15 is 0 Å². The SMILES string of the molecule is Cc1cncc(Cl)c1-c1noc(C2CC2)c1CO[C@H]1CC[C@](O)(c2nc3c(F)cc(C(C)(C)O)cc3s2)CC1. The van der Waals surface area contributed by atoms with Gasteiger partial charge >= 0.3 is 0 Å². The predicted octanol–water partition coefficient (Wildman–Crippen LogP) is 6.90. The van der Waals surface area contributed by atoms with E-state index in [9.17, 15) is 14.6 Å².